The predicted molar refractivity (Wildman–Crippen MR) is 102 cm³/mol. The highest BCUT2D eigenvalue weighted by atomic mass is 16.5. The van der Waals surface area contributed by atoms with Crippen molar-refractivity contribution in [3.05, 3.63) is 60.3 Å². The monoisotopic (exact) mass is 352 g/mol. The Bertz CT molecular complexity index is 694. The summed E-state index contributed by atoms with van der Waals surface area (Å²) in [5.41, 5.74) is 1.40. The van der Waals surface area contributed by atoms with Gasteiger partial charge in [0.2, 0.25) is 5.88 Å². The lowest BCUT2D eigenvalue weighted by molar-refractivity contribution is -0.0830. The number of pyridine rings is 1. The quantitative estimate of drug-likeness (QED) is 0.794. The molecule has 0 unspecified atom stereocenters. The molecule has 1 aliphatic carbocycles. The van der Waals surface area contributed by atoms with Gasteiger partial charge in [-0.05, 0) is 37.3 Å². The van der Waals surface area contributed by atoms with Gasteiger partial charge in [0.15, 0.2) is 0 Å². The van der Waals surface area contributed by atoms with Crippen molar-refractivity contribution in [2.75, 3.05) is 20.2 Å². The molecule has 26 heavy (non-hydrogen) atoms. The normalized spacial score (nSPS) is 28.7. The molecule has 0 N–H and O–H groups in total. The number of rotatable bonds is 6. The second kappa shape index (κ2) is 7.77. The van der Waals surface area contributed by atoms with E-state index >= 15 is 0 Å². The van der Waals surface area contributed by atoms with Crippen molar-refractivity contribution in [1.29, 1.82) is 0 Å². The van der Waals surface area contributed by atoms with Crippen LogP contribution in [-0.4, -0.2) is 47.8 Å². The molecular weight excluding hydrogens is 324 g/mol. The van der Waals surface area contributed by atoms with Gasteiger partial charge in [-0.25, -0.2) is 4.98 Å². The van der Waals surface area contributed by atoms with E-state index in [4.69, 9.17) is 9.47 Å². The molecule has 1 saturated heterocycles. The van der Waals surface area contributed by atoms with Crippen molar-refractivity contribution >= 4 is 0 Å². The van der Waals surface area contributed by atoms with Gasteiger partial charge in [0.25, 0.3) is 0 Å². The van der Waals surface area contributed by atoms with Crippen LogP contribution in [-0.2, 0) is 11.2 Å². The lowest BCUT2D eigenvalue weighted by Gasteiger charge is -2.43. The molecule has 3 atom stereocenters. The molecule has 0 radical (unpaired) electrons. The Morgan fingerprint density at radius 2 is 1.96 bits per heavy atom. The molecule has 2 fully saturated rings. The summed E-state index contributed by atoms with van der Waals surface area (Å²) >= 11 is 0. The van der Waals surface area contributed by atoms with Gasteiger partial charge in [-0.15, -0.1) is 0 Å². The van der Waals surface area contributed by atoms with Crippen LogP contribution in [0, 0.1) is 0 Å². The summed E-state index contributed by atoms with van der Waals surface area (Å²) in [5.74, 6) is 0.733. The van der Waals surface area contributed by atoms with Crippen LogP contribution in [0.3, 0.4) is 0 Å². The van der Waals surface area contributed by atoms with Crippen molar-refractivity contribution in [2.45, 2.75) is 49.9 Å². The van der Waals surface area contributed by atoms with E-state index in [2.05, 4.69) is 40.2 Å². The minimum atomic E-state index is 0.000659. The minimum Gasteiger partial charge on any atom is -0.474 e. The molecule has 1 aromatic heterocycles. The molecule has 2 aromatic rings. The van der Waals surface area contributed by atoms with E-state index in [1.165, 1.54) is 5.56 Å². The number of hydrogen-bond acceptors (Lipinski definition) is 4. The standard InChI is InChI=1S/C22H28N2O2/c1-25-22-12-10-19(26-21-9-5-6-14-23-21)17-20(22)24(16-13-22)15-11-18-7-3-2-4-8-18/h2-9,14,19-20H,10-13,15-17H2,1H3/t19-,20-,22+/m0/s1. The smallest absolute Gasteiger partial charge is 0.213 e. The van der Waals surface area contributed by atoms with Crippen molar-refractivity contribution in [2.24, 2.45) is 0 Å². The van der Waals surface area contributed by atoms with Gasteiger partial charge in [0.05, 0.1) is 5.60 Å². The number of fused-ring (bicyclic) bond motifs is 1. The zero-order valence-electron chi connectivity index (χ0n) is 15.5. The van der Waals surface area contributed by atoms with Crippen molar-refractivity contribution in [3.63, 3.8) is 0 Å². The highest BCUT2D eigenvalue weighted by molar-refractivity contribution is 5.16. The number of aromatic nitrogens is 1. The third kappa shape index (κ3) is 3.62. The van der Waals surface area contributed by atoms with Gasteiger partial charge < -0.3 is 9.47 Å². The van der Waals surface area contributed by atoms with Crippen LogP contribution in [0.2, 0.25) is 0 Å². The van der Waals surface area contributed by atoms with Crippen molar-refractivity contribution < 1.29 is 9.47 Å². The molecule has 2 aliphatic rings. The molecule has 1 aromatic carbocycles. The Kier molecular flexibility index (Phi) is 5.23. The summed E-state index contributed by atoms with van der Waals surface area (Å²) in [7, 11) is 1.88. The Morgan fingerprint density at radius 1 is 1.12 bits per heavy atom. The molecule has 2 heterocycles. The molecule has 1 aliphatic heterocycles. The second-order valence-electron chi connectivity index (χ2n) is 7.49. The maximum Gasteiger partial charge on any atom is 0.213 e. The lowest BCUT2D eigenvalue weighted by Crippen LogP contribution is -2.52. The molecule has 0 spiro atoms. The van der Waals surface area contributed by atoms with E-state index in [9.17, 15) is 0 Å². The molecule has 4 heteroatoms. The van der Waals surface area contributed by atoms with E-state index in [1.807, 2.05) is 25.3 Å². The van der Waals surface area contributed by atoms with Crippen LogP contribution in [0.5, 0.6) is 5.88 Å². The van der Waals surface area contributed by atoms with Gasteiger partial charge in [-0.2, -0.15) is 0 Å². The topological polar surface area (TPSA) is 34.6 Å². The first-order valence-electron chi connectivity index (χ1n) is 9.70. The number of ether oxygens (including phenoxy) is 2. The fourth-order valence-electron chi connectivity index (χ4n) is 4.64. The average molecular weight is 352 g/mol. The summed E-state index contributed by atoms with van der Waals surface area (Å²) in [6, 6.07) is 17.0. The highest BCUT2D eigenvalue weighted by Crippen LogP contribution is 2.43. The number of methoxy groups -OCH3 is 1. The number of hydrogen-bond donors (Lipinski definition) is 0. The first kappa shape index (κ1) is 17.5. The third-order valence-electron chi connectivity index (χ3n) is 6.11. The first-order valence-corrected chi connectivity index (χ1v) is 9.70. The Labute approximate surface area is 156 Å². The van der Waals surface area contributed by atoms with Crippen LogP contribution in [0.15, 0.2) is 54.7 Å². The third-order valence-corrected chi connectivity index (χ3v) is 6.11. The van der Waals surface area contributed by atoms with Crippen LogP contribution in [0.25, 0.3) is 0 Å². The number of nitrogens with zero attached hydrogens (tertiary/aromatic N) is 2. The van der Waals surface area contributed by atoms with Gasteiger partial charge in [0.1, 0.15) is 6.10 Å². The Morgan fingerprint density at radius 3 is 2.73 bits per heavy atom. The van der Waals surface area contributed by atoms with Gasteiger partial charge in [0, 0.05) is 44.9 Å². The predicted octanol–water partition coefficient (Wildman–Crippen LogP) is 3.72. The van der Waals surface area contributed by atoms with Crippen LogP contribution in [0.1, 0.15) is 31.2 Å². The van der Waals surface area contributed by atoms with E-state index in [0.717, 1.165) is 51.1 Å². The van der Waals surface area contributed by atoms with Gasteiger partial charge in [-0.3, -0.25) is 4.90 Å². The SMILES string of the molecule is CO[C@@]12CC[C@H](Oc3ccccn3)C[C@@H]1N(CCc1ccccc1)CC2. The Hall–Kier alpha value is -1.91. The molecule has 138 valence electrons. The maximum absolute atomic E-state index is 6.17. The average Bonchev–Trinajstić information content (AvgIpc) is 3.06. The fraction of sp³-hybridized carbons (Fsp3) is 0.500. The zero-order chi connectivity index (χ0) is 17.8. The van der Waals surface area contributed by atoms with E-state index in [1.54, 1.807) is 6.20 Å². The lowest BCUT2D eigenvalue weighted by atomic mass is 9.79. The summed E-state index contributed by atoms with van der Waals surface area (Å²) in [5, 5.41) is 0. The van der Waals surface area contributed by atoms with E-state index < -0.39 is 0 Å². The molecule has 4 rings (SSSR count). The highest BCUT2D eigenvalue weighted by Gasteiger charge is 2.51. The summed E-state index contributed by atoms with van der Waals surface area (Å²) in [4.78, 5) is 6.94. The largest absolute Gasteiger partial charge is 0.474 e. The Balaban J connectivity index is 1.42. The molecule has 4 nitrogen and oxygen atoms in total. The molecule has 0 bridgehead atoms. The summed E-state index contributed by atoms with van der Waals surface area (Å²) < 4.78 is 12.2. The molecule has 0 amide bonds. The van der Waals surface area contributed by atoms with Gasteiger partial charge in [-0.1, -0.05) is 36.4 Å². The van der Waals surface area contributed by atoms with E-state index in [-0.39, 0.29) is 11.7 Å². The van der Waals surface area contributed by atoms with Gasteiger partial charge >= 0.3 is 0 Å². The van der Waals surface area contributed by atoms with E-state index in [0.29, 0.717) is 6.04 Å². The van der Waals surface area contributed by atoms with Crippen LogP contribution < -0.4 is 4.74 Å². The summed E-state index contributed by atoms with van der Waals surface area (Å²) in [6.45, 7) is 2.19. The number of likely N-dealkylation sites (tertiary alicyclic amines) is 1. The minimum absolute atomic E-state index is 0.000659. The second-order valence-corrected chi connectivity index (χ2v) is 7.49. The van der Waals surface area contributed by atoms with Crippen LogP contribution >= 0.6 is 0 Å². The number of benzene rings is 1. The fourth-order valence-corrected chi connectivity index (χ4v) is 4.64. The van der Waals surface area contributed by atoms with Crippen molar-refractivity contribution in [1.82, 2.24) is 9.88 Å². The summed E-state index contributed by atoms with van der Waals surface area (Å²) in [6.07, 6.45) is 7.33. The molecular formula is C22H28N2O2. The maximum atomic E-state index is 6.17. The first-order chi connectivity index (χ1) is 12.8. The van der Waals surface area contributed by atoms with Crippen molar-refractivity contribution in [3.8, 4) is 5.88 Å². The zero-order valence-corrected chi connectivity index (χ0v) is 15.5. The molecule has 1 saturated carbocycles. The van der Waals surface area contributed by atoms with Crippen LogP contribution in [0.4, 0.5) is 0 Å².